The van der Waals surface area contributed by atoms with Gasteiger partial charge in [-0.3, -0.25) is 14.5 Å². The third-order valence-electron chi connectivity index (χ3n) is 4.87. The van der Waals surface area contributed by atoms with Gasteiger partial charge in [0.1, 0.15) is 5.75 Å². The van der Waals surface area contributed by atoms with Gasteiger partial charge in [0.25, 0.3) is 0 Å². The maximum absolute atomic E-state index is 12.7. The van der Waals surface area contributed by atoms with Crippen molar-refractivity contribution in [3.63, 3.8) is 0 Å². The van der Waals surface area contributed by atoms with Crippen molar-refractivity contribution in [2.24, 2.45) is 11.8 Å². The highest BCUT2D eigenvalue weighted by Gasteiger charge is 2.47. The van der Waals surface area contributed by atoms with E-state index in [1.807, 2.05) is 12.2 Å². The van der Waals surface area contributed by atoms with Crippen LogP contribution >= 0.6 is 15.9 Å². The first-order chi connectivity index (χ1) is 13.0. The number of hydrogen-bond acceptors (Lipinski definition) is 4. The maximum atomic E-state index is 12.7. The van der Waals surface area contributed by atoms with Gasteiger partial charge in [-0.15, -0.1) is 0 Å². The number of imide groups is 1. The number of carbonyl (C=O) groups excluding carboxylic acids is 3. The van der Waals surface area contributed by atoms with E-state index in [0.717, 1.165) is 4.47 Å². The average Bonchev–Trinajstić information content (AvgIpc) is 2.95. The lowest BCUT2D eigenvalue weighted by atomic mass is 9.85. The van der Waals surface area contributed by atoms with Crippen LogP contribution in [0.15, 0.2) is 65.2 Å². The number of amides is 2. The van der Waals surface area contributed by atoms with Crippen molar-refractivity contribution in [2.75, 3.05) is 4.90 Å². The van der Waals surface area contributed by atoms with Crippen LogP contribution in [0, 0.1) is 11.8 Å². The molecule has 4 rings (SSSR count). The first-order valence-corrected chi connectivity index (χ1v) is 9.44. The fourth-order valence-corrected chi connectivity index (χ4v) is 3.76. The Labute approximate surface area is 164 Å². The Bertz CT molecular complexity index is 925. The number of allylic oxidation sites excluding steroid dienone is 2. The molecule has 1 aliphatic carbocycles. The summed E-state index contributed by atoms with van der Waals surface area (Å²) in [6.07, 6.45) is 5.05. The number of fused-ring (bicyclic) bond motifs is 1. The number of hydrogen-bond donors (Lipinski definition) is 0. The van der Waals surface area contributed by atoms with Crippen molar-refractivity contribution in [2.45, 2.75) is 12.8 Å². The molecule has 2 atom stereocenters. The molecular weight excluding hydrogens is 410 g/mol. The van der Waals surface area contributed by atoms with Gasteiger partial charge in [0.2, 0.25) is 11.8 Å². The third kappa shape index (κ3) is 3.32. The van der Waals surface area contributed by atoms with Crippen molar-refractivity contribution in [1.29, 1.82) is 0 Å². The number of halogens is 1. The molecule has 5 nitrogen and oxygen atoms in total. The van der Waals surface area contributed by atoms with Crippen molar-refractivity contribution >= 4 is 39.4 Å². The zero-order valence-electron chi connectivity index (χ0n) is 14.3. The molecule has 0 unspecified atom stereocenters. The highest BCUT2D eigenvalue weighted by atomic mass is 79.9. The second kappa shape index (κ2) is 7.12. The predicted octanol–water partition coefficient (Wildman–Crippen LogP) is 4.12. The van der Waals surface area contributed by atoms with E-state index >= 15 is 0 Å². The van der Waals surface area contributed by atoms with Gasteiger partial charge in [0.05, 0.1) is 23.1 Å². The molecule has 1 saturated heterocycles. The highest BCUT2D eigenvalue weighted by Crippen LogP contribution is 2.37. The van der Waals surface area contributed by atoms with E-state index in [1.54, 1.807) is 42.5 Å². The minimum atomic E-state index is -0.544. The molecule has 0 N–H and O–H groups in total. The normalized spacial score (nSPS) is 21.3. The van der Waals surface area contributed by atoms with Crippen molar-refractivity contribution in [3.8, 4) is 5.75 Å². The van der Waals surface area contributed by atoms with Gasteiger partial charge < -0.3 is 4.74 Å². The largest absolute Gasteiger partial charge is 0.423 e. The first-order valence-electron chi connectivity index (χ1n) is 8.65. The molecular formula is C21H16BrNO4. The Morgan fingerprint density at radius 3 is 2.22 bits per heavy atom. The molecule has 2 amide bonds. The van der Waals surface area contributed by atoms with Gasteiger partial charge in [0.15, 0.2) is 0 Å². The summed E-state index contributed by atoms with van der Waals surface area (Å²) in [7, 11) is 0. The van der Waals surface area contributed by atoms with E-state index in [9.17, 15) is 14.4 Å². The molecule has 0 aromatic heterocycles. The molecule has 1 fully saturated rings. The zero-order chi connectivity index (χ0) is 19.0. The quantitative estimate of drug-likeness (QED) is 0.321. The Morgan fingerprint density at radius 1 is 0.963 bits per heavy atom. The van der Waals surface area contributed by atoms with E-state index < -0.39 is 5.97 Å². The number of anilines is 1. The van der Waals surface area contributed by atoms with Gasteiger partial charge in [-0.25, -0.2) is 4.79 Å². The number of benzene rings is 2. The lowest BCUT2D eigenvalue weighted by molar-refractivity contribution is -0.122. The van der Waals surface area contributed by atoms with Crippen molar-refractivity contribution in [3.05, 3.63) is 70.7 Å². The number of ether oxygens (including phenoxy) is 1. The maximum Gasteiger partial charge on any atom is 0.343 e. The Balaban J connectivity index is 1.57. The van der Waals surface area contributed by atoms with Crippen LogP contribution in [0.2, 0.25) is 0 Å². The topological polar surface area (TPSA) is 63.7 Å². The molecule has 27 heavy (non-hydrogen) atoms. The molecule has 2 aromatic rings. The summed E-state index contributed by atoms with van der Waals surface area (Å²) in [6.45, 7) is 0. The molecule has 0 bridgehead atoms. The number of nitrogens with zero attached hydrogens (tertiary/aromatic N) is 1. The summed E-state index contributed by atoms with van der Waals surface area (Å²) in [5.41, 5.74) is 0.689. The third-order valence-corrected chi connectivity index (χ3v) is 5.40. The lowest BCUT2D eigenvalue weighted by Gasteiger charge is -2.15. The van der Waals surface area contributed by atoms with Crippen LogP contribution in [0.3, 0.4) is 0 Å². The minimum Gasteiger partial charge on any atom is -0.423 e. The molecule has 2 aromatic carbocycles. The van der Waals surface area contributed by atoms with Crippen molar-refractivity contribution < 1.29 is 19.1 Å². The first kappa shape index (κ1) is 17.7. The summed E-state index contributed by atoms with van der Waals surface area (Å²) >= 11 is 3.33. The van der Waals surface area contributed by atoms with Crippen LogP contribution in [-0.4, -0.2) is 17.8 Å². The highest BCUT2D eigenvalue weighted by molar-refractivity contribution is 9.10. The standard InChI is InChI=1S/C21H16BrNO4/c22-14-8-10-16(11-9-14)27-21(26)13-4-3-5-15(12-13)23-19(24)17-6-1-2-7-18(17)20(23)25/h1-5,8-12,17-18H,6-7H2/t17-,18+. The second-order valence-electron chi connectivity index (χ2n) is 6.56. The van der Waals surface area contributed by atoms with E-state index in [0.29, 0.717) is 24.3 Å². The van der Waals surface area contributed by atoms with Crippen LogP contribution in [0.1, 0.15) is 23.2 Å². The monoisotopic (exact) mass is 425 g/mol. The number of esters is 1. The molecule has 0 spiro atoms. The second-order valence-corrected chi connectivity index (χ2v) is 7.48. The van der Waals surface area contributed by atoms with E-state index in [4.69, 9.17) is 4.74 Å². The average molecular weight is 426 g/mol. The Kier molecular flexibility index (Phi) is 4.66. The molecule has 0 radical (unpaired) electrons. The summed E-state index contributed by atoms with van der Waals surface area (Å²) in [6, 6.07) is 13.3. The molecule has 2 aliphatic rings. The Morgan fingerprint density at radius 2 is 1.59 bits per heavy atom. The molecule has 0 saturated carbocycles. The smallest absolute Gasteiger partial charge is 0.343 e. The SMILES string of the molecule is O=C(Oc1ccc(Br)cc1)c1cccc(N2C(=O)[C@H]3CC=CC[C@H]3C2=O)c1. The van der Waals surface area contributed by atoms with Gasteiger partial charge in [-0.05, 0) is 55.3 Å². The van der Waals surface area contributed by atoms with Crippen LogP contribution in [-0.2, 0) is 9.59 Å². The summed E-state index contributed by atoms with van der Waals surface area (Å²) in [5.74, 6) is -1.14. The summed E-state index contributed by atoms with van der Waals surface area (Å²) < 4.78 is 6.24. The predicted molar refractivity (Wildman–Crippen MR) is 103 cm³/mol. The summed E-state index contributed by atoms with van der Waals surface area (Å²) in [4.78, 5) is 39.1. The summed E-state index contributed by atoms with van der Waals surface area (Å²) in [5, 5.41) is 0. The van der Waals surface area contributed by atoms with Crippen molar-refractivity contribution in [1.82, 2.24) is 0 Å². The minimum absolute atomic E-state index is 0.201. The number of rotatable bonds is 3. The fraction of sp³-hybridized carbons (Fsp3) is 0.190. The molecule has 1 aliphatic heterocycles. The zero-order valence-corrected chi connectivity index (χ0v) is 15.9. The van der Waals surface area contributed by atoms with E-state index in [2.05, 4.69) is 15.9 Å². The molecule has 1 heterocycles. The van der Waals surface area contributed by atoms with Gasteiger partial charge in [-0.1, -0.05) is 34.1 Å². The van der Waals surface area contributed by atoms with Crippen LogP contribution in [0.25, 0.3) is 0 Å². The van der Waals surface area contributed by atoms with Gasteiger partial charge >= 0.3 is 5.97 Å². The van der Waals surface area contributed by atoms with Gasteiger partial charge in [0, 0.05) is 4.47 Å². The molecule has 136 valence electrons. The Hall–Kier alpha value is -2.73. The van der Waals surface area contributed by atoms with Gasteiger partial charge in [-0.2, -0.15) is 0 Å². The van der Waals surface area contributed by atoms with E-state index in [1.165, 1.54) is 11.0 Å². The lowest BCUT2D eigenvalue weighted by Crippen LogP contribution is -2.31. The number of carbonyl (C=O) groups is 3. The fourth-order valence-electron chi connectivity index (χ4n) is 3.50. The van der Waals surface area contributed by atoms with Crippen LogP contribution in [0.4, 0.5) is 5.69 Å². The van der Waals surface area contributed by atoms with Crippen LogP contribution in [0.5, 0.6) is 5.75 Å². The van der Waals surface area contributed by atoms with E-state index in [-0.39, 0.29) is 29.2 Å². The molecule has 6 heteroatoms. The van der Waals surface area contributed by atoms with Crippen LogP contribution < -0.4 is 9.64 Å².